The molecule has 0 spiro atoms. The zero-order valence-corrected chi connectivity index (χ0v) is 7.99. The van der Waals surface area contributed by atoms with Crippen molar-refractivity contribution in [2.45, 2.75) is 38.3 Å². The minimum absolute atomic E-state index is 0.0800. The average Bonchev–Trinajstić information content (AvgIpc) is 2.15. The number of nitrogens with two attached hydrogens (primary N) is 1. The van der Waals surface area contributed by atoms with Crippen molar-refractivity contribution in [1.29, 1.82) is 0 Å². The van der Waals surface area contributed by atoms with E-state index in [0.29, 0.717) is 6.61 Å². The van der Waals surface area contributed by atoms with Crippen LogP contribution in [0.15, 0.2) is 0 Å². The molecule has 1 saturated heterocycles. The molecule has 0 saturated carbocycles. The Kier molecular flexibility index (Phi) is 4.18. The number of carbonyl (C=O) groups excluding carboxylic acids is 1. The Morgan fingerprint density at radius 1 is 1.69 bits per heavy atom. The SMILES string of the molecule is CC(N)C(=O)OCC1CCCCO1. The van der Waals surface area contributed by atoms with Crippen molar-refractivity contribution in [2.24, 2.45) is 5.73 Å². The van der Waals surface area contributed by atoms with Gasteiger partial charge in [0.15, 0.2) is 0 Å². The Bertz CT molecular complexity index is 164. The highest BCUT2D eigenvalue weighted by Crippen LogP contribution is 2.12. The van der Waals surface area contributed by atoms with Crippen LogP contribution in [0.2, 0.25) is 0 Å². The summed E-state index contributed by atoms with van der Waals surface area (Å²) in [6, 6.07) is -0.538. The van der Waals surface area contributed by atoms with Crippen LogP contribution in [-0.4, -0.2) is 31.3 Å². The lowest BCUT2D eigenvalue weighted by atomic mass is 10.1. The molecule has 0 aromatic carbocycles. The fourth-order valence-corrected chi connectivity index (χ4v) is 1.25. The maximum absolute atomic E-state index is 11.0. The monoisotopic (exact) mass is 187 g/mol. The summed E-state index contributed by atoms with van der Waals surface area (Å²) in [6.45, 7) is 2.74. The summed E-state index contributed by atoms with van der Waals surface area (Å²) in [7, 11) is 0. The minimum Gasteiger partial charge on any atom is -0.462 e. The van der Waals surface area contributed by atoms with E-state index >= 15 is 0 Å². The van der Waals surface area contributed by atoms with Crippen LogP contribution in [0.5, 0.6) is 0 Å². The fraction of sp³-hybridized carbons (Fsp3) is 0.889. The van der Waals surface area contributed by atoms with E-state index in [1.165, 1.54) is 0 Å². The molecule has 0 aromatic rings. The number of esters is 1. The Morgan fingerprint density at radius 2 is 2.46 bits per heavy atom. The molecule has 2 N–H and O–H groups in total. The van der Waals surface area contributed by atoms with E-state index in [2.05, 4.69) is 0 Å². The Balaban J connectivity index is 2.13. The second-order valence-electron chi connectivity index (χ2n) is 3.41. The van der Waals surface area contributed by atoms with Gasteiger partial charge in [0.1, 0.15) is 12.6 Å². The van der Waals surface area contributed by atoms with Gasteiger partial charge in [0, 0.05) is 6.61 Å². The summed E-state index contributed by atoms with van der Waals surface area (Å²) < 4.78 is 10.3. The molecule has 4 heteroatoms. The molecule has 2 atom stereocenters. The second-order valence-corrected chi connectivity index (χ2v) is 3.41. The number of carbonyl (C=O) groups is 1. The Hall–Kier alpha value is -0.610. The third-order valence-corrected chi connectivity index (χ3v) is 2.06. The van der Waals surface area contributed by atoms with Gasteiger partial charge in [-0.25, -0.2) is 0 Å². The molecular weight excluding hydrogens is 170 g/mol. The first-order chi connectivity index (χ1) is 6.20. The third kappa shape index (κ3) is 3.74. The molecule has 76 valence electrons. The summed E-state index contributed by atoms with van der Waals surface area (Å²) in [6.07, 6.45) is 3.32. The third-order valence-electron chi connectivity index (χ3n) is 2.06. The van der Waals surface area contributed by atoms with Gasteiger partial charge in [-0.3, -0.25) is 4.79 Å². The number of hydrogen-bond donors (Lipinski definition) is 1. The molecule has 0 aromatic heterocycles. The first-order valence-corrected chi connectivity index (χ1v) is 4.74. The molecule has 1 heterocycles. The zero-order valence-electron chi connectivity index (χ0n) is 7.99. The molecule has 1 fully saturated rings. The number of hydrogen-bond acceptors (Lipinski definition) is 4. The van der Waals surface area contributed by atoms with Crippen LogP contribution >= 0.6 is 0 Å². The fourth-order valence-electron chi connectivity index (χ4n) is 1.25. The van der Waals surface area contributed by atoms with Crippen LogP contribution in [-0.2, 0) is 14.3 Å². The zero-order chi connectivity index (χ0) is 9.68. The minimum atomic E-state index is -0.538. The van der Waals surface area contributed by atoms with E-state index in [-0.39, 0.29) is 12.1 Å². The van der Waals surface area contributed by atoms with E-state index < -0.39 is 6.04 Å². The predicted octanol–water partition coefficient (Wildman–Crippen LogP) is 0.446. The van der Waals surface area contributed by atoms with Crippen molar-refractivity contribution >= 4 is 5.97 Å². The van der Waals surface area contributed by atoms with Gasteiger partial charge in [-0.15, -0.1) is 0 Å². The molecule has 1 rings (SSSR count). The maximum Gasteiger partial charge on any atom is 0.322 e. The van der Waals surface area contributed by atoms with Crippen molar-refractivity contribution in [3.05, 3.63) is 0 Å². The van der Waals surface area contributed by atoms with Crippen molar-refractivity contribution in [3.63, 3.8) is 0 Å². The molecule has 0 bridgehead atoms. The lowest BCUT2D eigenvalue weighted by Crippen LogP contribution is -2.33. The summed E-state index contributed by atoms with van der Waals surface area (Å²) >= 11 is 0. The predicted molar refractivity (Wildman–Crippen MR) is 48.2 cm³/mol. The van der Waals surface area contributed by atoms with E-state index in [1.54, 1.807) is 6.92 Å². The number of ether oxygens (including phenoxy) is 2. The van der Waals surface area contributed by atoms with Crippen LogP contribution < -0.4 is 5.73 Å². The molecule has 1 aliphatic heterocycles. The molecule has 1 aliphatic rings. The number of rotatable bonds is 3. The van der Waals surface area contributed by atoms with Crippen LogP contribution in [0.3, 0.4) is 0 Å². The van der Waals surface area contributed by atoms with Gasteiger partial charge >= 0.3 is 5.97 Å². The highest BCUT2D eigenvalue weighted by Gasteiger charge is 2.17. The average molecular weight is 187 g/mol. The van der Waals surface area contributed by atoms with Gasteiger partial charge in [0.25, 0.3) is 0 Å². The van der Waals surface area contributed by atoms with Gasteiger partial charge < -0.3 is 15.2 Å². The Labute approximate surface area is 78.4 Å². The Morgan fingerprint density at radius 3 is 3.00 bits per heavy atom. The summed E-state index contributed by atoms with van der Waals surface area (Å²) in [5.41, 5.74) is 5.34. The van der Waals surface area contributed by atoms with Crippen LogP contribution in [0.25, 0.3) is 0 Å². The van der Waals surface area contributed by atoms with Crippen molar-refractivity contribution < 1.29 is 14.3 Å². The van der Waals surface area contributed by atoms with E-state index in [9.17, 15) is 4.79 Å². The van der Waals surface area contributed by atoms with E-state index in [4.69, 9.17) is 15.2 Å². The lowest BCUT2D eigenvalue weighted by molar-refractivity contribution is -0.150. The molecule has 4 nitrogen and oxygen atoms in total. The van der Waals surface area contributed by atoms with Crippen LogP contribution in [0, 0.1) is 0 Å². The van der Waals surface area contributed by atoms with Crippen LogP contribution in [0.4, 0.5) is 0 Å². The summed E-state index contributed by atoms with van der Waals surface area (Å²) in [5, 5.41) is 0. The van der Waals surface area contributed by atoms with Gasteiger partial charge in [0.2, 0.25) is 0 Å². The highest BCUT2D eigenvalue weighted by atomic mass is 16.6. The van der Waals surface area contributed by atoms with Crippen LogP contribution in [0.1, 0.15) is 26.2 Å². The second kappa shape index (κ2) is 5.19. The van der Waals surface area contributed by atoms with Gasteiger partial charge in [0.05, 0.1) is 6.10 Å². The quantitative estimate of drug-likeness (QED) is 0.651. The van der Waals surface area contributed by atoms with Crippen molar-refractivity contribution in [1.82, 2.24) is 0 Å². The smallest absolute Gasteiger partial charge is 0.322 e. The molecule has 2 unspecified atom stereocenters. The molecule has 0 radical (unpaired) electrons. The van der Waals surface area contributed by atoms with E-state index in [0.717, 1.165) is 25.9 Å². The van der Waals surface area contributed by atoms with Gasteiger partial charge in [-0.1, -0.05) is 0 Å². The summed E-state index contributed by atoms with van der Waals surface area (Å²) in [4.78, 5) is 11.0. The van der Waals surface area contributed by atoms with Crippen molar-refractivity contribution in [2.75, 3.05) is 13.2 Å². The first kappa shape index (κ1) is 10.5. The maximum atomic E-state index is 11.0. The van der Waals surface area contributed by atoms with Gasteiger partial charge in [-0.2, -0.15) is 0 Å². The molecule has 0 aliphatic carbocycles. The summed E-state index contributed by atoms with van der Waals surface area (Å²) in [5.74, 6) is -0.353. The molecular formula is C9H17NO3. The molecule has 13 heavy (non-hydrogen) atoms. The first-order valence-electron chi connectivity index (χ1n) is 4.74. The van der Waals surface area contributed by atoms with E-state index in [1.807, 2.05) is 0 Å². The van der Waals surface area contributed by atoms with Crippen molar-refractivity contribution in [3.8, 4) is 0 Å². The normalized spacial score (nSPS) is 25.2. The standard InChI is InChI=1S/C9H17NO3/c1-7(10)9(11)13-6-8-4-2-3-5-12-8/h7-8H,2-6,10H2,1H3. The topological polar surface area (TPSA) is 61.6 Å². The lowest BCUT2D eigenvalue weighted by Gasteiger charge is -2.22. The largest absolute Gasteiger partial charge is 0.462 e. The molecule has 0 amide bonds. The van der Waals surface area contributed by atoms with Gasteiger partial charge in [-0.05, 0) is 26.2 Å². The highest BCUT2D eigenvalue weighted by molar-refractivity contribution is 5.74.